The molecule has 0 aromatic heterocycles. The average molecular weight is 342 g/mol. The van der Waals surface area contributed by atoms with E-state index >= 15 is 0 Å². The molecule has 0 atom stereocenters. The molecule has 0 saturated heterocycles. The van der Waals surface area contributed by atoms with E-state index in [9.17, 15) is 4.79 Å². The molecule has 0 radical (unpaired) electrons. The molecule has 3 aromatic carbocycles. The second kappa shape index (κ2) is 6.34. The fraction of sp³-hybridized carbons (Fsp3) is 0.174. The summed E-state index contributed by atoms with van der Waals surface area (Å²) in [6, 6.07) is 22.2. The summed E-state index contributed by atoms with van der Waals surface area (Å²) in [7, 11) is 0. The fourth-order valence-electron chi connectivity index (χ4n) is 3.64. The van der Waals surface area contributed by atoms with Crippen molar-refractivity contribution in [1.29, 1.82) is 0 Å². The van der Waals surface area contributed by atoms with Gasteiger partial charge in [0, 0.05) is 28.6 Å². The van der Waals surface area contributed by atoms with Gasteiger partial charge in [0.05, 0.1) is 0 Å². The van der Waals surface area contributed by atoms with Gasteiger partial charge in [-0.25, -0.2) is 0 Å². The summed E-state index contributed by atoms with van der Waals surface area (Å²) in [6.07, 6.45) is 2.59. The maximum absolute atomic E-state index is 12.5. The third kappa shape index (κ3) is 3.21. The lowest BCUT2D eigenvalue weighted by Gasteiger charge is -2.36. The maximum atomic E-state index is 12.5. The Morgan fingerprint density at radius 3 is 2.54 bits per heavy atom. The lowest BCUT2D eigenvalue weighted by Crippen LogP contribution is -2.44. The molecule has 2 N–H and O–H groups in total. The molecular weight excluding hydrogens is 320 g/mol. The molecule has 1 heterocycles. The Hall–Kier alpha value is -3.07. The highest BCUT2D eigenvalue weighted by Crippen LogP contribution is 2.34. The van der Waals surface area contributed by atoms with Crippen LogP contribution in [0.25, 0.3) is 16.5 Å². The highest BCUT2D eigenvalue weighted by Gasteiger charge is 2.29. The Morgan fingerprint density at radius 2 is 1.73 bits per heavy atom. The lowest BCUT2D eigenvalue weighted by molar-refractivity contribution is -0.111. The summed E-state index contributed by atoms with van der Waals surface area (Å²) in [5.74, 6) is -0.129. The standard InChI is InChI=1S/C23H22N2O/c1-23(2)15-20-18-11-7-6-8-16(18)12-13-19(20)21(25-23)14-22(26)24-17-9-4-3-5-10-17/h3-14,25H,15H2,1-2H3,(H,24,26). The van der Waals surface area contributed by atoms with Crippen LogP contribution in [0.3, 0.4) is 0 Å². The number of amides is 1. The minimum absolute atomic E-state index is 0.115. The van der Waals surface area contributed by atoms with Crippen molar-refractivity contribution in [2.75, 3.05) is 5.32 Å². The molecule has 1 aliphatic heterocycles. The Kier molecular flexibility index (Phi) is 4.00. The molecule has 0 bridgehead atoms. The van der Waals surface area contributed by atoms with Crippen molar-refractivity contribution in [1.82, 2.24) is 5.32 Å². The van der Waals surface area contributed by atoms with E-state index in [2.05, 4.69) is 60.9 Å². The van der Waals surface area contributed by atoms with Crippen LogP contribution in [0, 0.1) is 0 Å². The number of rotatable bonds is 2. The predicted octanol–water partition coefficient (Wildman–Crippen LogP) is 4.74. The number of fused-ring (bicyclic) bond motifs is 3. The van der Waals surface area contributed by atoms with Gasteiger partial charge in [0.2, 0.25) is 5.91 Å². The van der Waals surface area contributed by atoms with E-state index in [0.29, 0.717) is 0 Å². The van der Waals surface area contributed by atoms with Gasteiger partial charge in [-0.2, -0.15) is 0 Å². The first kappa shape index (κ1) is 16.4. The van der Waals surface area contributed by atoms with Crippen molar-refractivity contribution in [2.45, 2.75) is 25.8 Å². The van der Waals surface area contributed by atoms with Gasteiger partial charge in [-0.3, -0.25) is 4.79 Å². The molecule has 3 nitrogen and oxygen atoms in total. The third-order valence-corrected chi connectivity index (χ3v) is 4.74. The fourth-order valence-corrected chi connectivity index (χ4v) is 3.64. The Morgan fingerprint density at radius 1 is 1.00 bits per heavy atom. The molecule has 1 amide bonds. The second-order valence-electron chi connectivity index (χ2n) is 7.41. The van der Waals surface area contributed by atoms with E-state index in [1.54, 1.807) is 6.08 Å². The van der Waals surface area contributed by atoms with Crippen molar-refractivity contribution >= 4 is 28.1 Å². The van der Waals surface area contributed by atoms with Crippen LogP contribution < -0.4 is 10.6 Å². The molecule has 3 heteroatoms. The summed E-state index contributed by atoms with van der Waals surface area (Å²) in [5.41, 5.74) is 3.95. The molecule has 1 aliphatic rings. The first-order chi connectivity index (χ1) is 12.5. The van der Waals surface area contributed by atoms with E-state index in [1.807, 2.05) is 30.3 Å². The SMILES string of the molecule is CC1(C)Cc2c(ccc3ccccc23)C(=CC(=O)Nc2ccccc2)N1. The first-order valence-electron chi connectivity index (χ1n) is 8.89. The predicted molar refractivity (Wildman–Crippen MR) is 108 cm³/mol. The molecule has 130 valence electrons. The largest absolute Gasteiger partial charge is 0.379 e. The zero-order valence-electron chi connectivity index (χ0n) is 15.0. The summed E-state index contributed by atoms with van der Waals surface area (Å²) in [6.45, 7) is 4.33. The molecule has 26 heavy (non-hydrogen) atoms. The van der Waals surface area contributed by atoms with E-state index in [-0.39, 0.29) is 11.4 Å². The molecule has 0 aliphatic carbocycles. The zero-order valence-corrected chi connectivity index (χ0v) is 15.0. The van der Waals surface area contributed by atoms with Crippen molar-refractivity contribution in [3.05, 3.63) is 83.9 Å². The maximum Gasteiger partial charge on any atom is 0.250 e. The summed E-state index contributed by atoms with van der Waals surface area (Å²) in [4.78, 5) is 12.5. The number of para-hydroxylation sites is 1. The Balaban J connectivity index is 1.75. The lowest BCUT2D eigenvalue weighted by atomic mass is 9.83. The second-order valence-corrected chi connectivity index (χ2v) is 7.41. The summed E-state index contributed by atoms with van der Waals surface area (Å²) < 4.78 is 0. The number of carbonyl (C=O) groups is 1. The highest BCUT2D eigenvalue weighted by atomic mass is 16.1. The number of hydrogen-bond acceptors (Lipinski definition) is 2. The Bertz CT molecular complexity index is 1000. The van der Waals surface area contributed by atoms with Crippen LogP contribution in [0.15, 0.2) is 72.8 Å². The van der Waals surface area contributed by atoms with Gasteiger partial charge in [-0.05, 0) is 48.7 Å². The number of benzene rings is 3. The summed E-state index contributed by atoms with van der Waals surface area (Å²) in [5, 5.41) is 8.95. The zero-order chi connectivity index (χ0) is 18.1. The van der Waals surface area contributed by atoms with Crippen LogP contribution in [0.4, 0.5) is 5.69 Å². The third-order valence-electron chi connectivity index (χ3n) is 4.74. The van der Waals surface area contributed by atoms with Crippen LogP contribution in [0.1, 0.15) is 25.0 Å². The van der Waals surface area contributed by atoms with Crippen LogP contribution in [-0.4, -0.2) is 11.4 Å². The van der Waals surface area contributed by atoms with E-state index in [0.717, 1.165) is 23.4 Å². The van der Waals surface area contributed by atoms with Gasteiger partial charge in [-0.1, -0.05) is 54.6 Å². The van der Waals surface area contributed by atoms with Crippen LogP contribution >= 0.6 is 0 Å². The molecule has 0 spiro atoms. The van der Waals surface area contributed by atoms with Gasteiger partial charge < -0.3 is 10.6 Å². The number of anilines is 1. The van der Waals surface area contributed by atoms with Crippen LogP contribution in [0.2, 0.25) is 0 Å². The van der Waals surface area contributed by atoms with Gasteiger partial charge in [0.25, 0.3) is 0 Å². The number of nitrogens with one attached hydrogen (secondary N) is 2. The molecule has 0 unspecified atom stereocenters. The van der Waals surface area contributed by atoms with E-state index < -0.39 is 0 Å². The molecule has 0 fully saturated rings. The quantitative estimate of drug-likeness (QED) is 0.660. The molecular formula is C23H22N2O. The summed E-state index contributed by atoms with van der Waals surface area (Å²) >= 11 is 0. The minimum atomic E-state index is -0.129. The van der Waals surface area contributed by atoms with Gasteiger partial charge in [0.15, 0.2) is 0 Å². The topological polar surface area (TPSA) is 41.1 Å². The molecule has 4 rings (SSSR count). The molecule has 0 saturated carbocycles. The normalized spacial score (nSPS) is 16.8. The average Bonchev–Trinajstić information content (AvgIpc) is 2.61. The number of carbonyl (C=O) groups excluding carboxylic acids is 1. The van der Waals surface area contributed by atoms with Crippen LogP contribution in [0.5, 0.6) is 0 Å². The van der Waals surface area contributed by atoms with Gasteiger partial charge >= 0.3 is 0 Å². The van der Waals surface area contributed by atoms with E-state index in [4.69, 9.17) is 0 Å². The van der Waals surface area contributed by atoms with E-state index in [1.165, 1.54) is 16.3 Å². The van der Waals surface area contributed by atoms with Crippen molar-refractivity contribution in [3.63, 3.8) is 0 Å². The Labute approximate surface area is 153 Å². The number of hydrogen-bond donors (Lipinski definition) is 2. The van der Waals surface area contributed by atoms with Crippen LogP contribution in [-0.2, 0) is 11.2 Å². The van der Waals surface area contributed by atoms with Crippen molar-refractivity contribution in [2.24, 2.45) is 0 Å². The monoisotopic (exact) mass is 342 g/mol. The smallest absolute Gasteiger partial charge is 0.250 e. The van der Waals surface area contributed by atoms with Crippen molar-refractivity contribution < 1.29 is 4.79 Å². The highest BCUT2D eigenvalue weighted by molar-refractivity contribution is 6.05. The van der Waals surface area contributed by atoms with Gasteiger partial charge in [-0.15, -0.1) is 0 Å². The minimum Gasteiger partial charge on any atom is -0.379 e. The molecule has 3 aromatic rings. The first-order valence-corrected chi connectivity index (χ1v) is 8.89. The van der Waals surface area contributed by atoms with Crippen molar-refractivity contribution in [3.8, 4) is 0 Å². The van der Waals surface area contributed by atoms with Gasteiger partial charge in [0.1, 0.15) is 0 Å².